The molecule has 0 spiro atoms. The molecular weight excluding hydrogens is 419 g/mol. The molecule has 3 rings (SSSR count). The predicted octanol–water partition coefficient (Wildman–Crippen LogP) is 3.18. The first-order valence-electron chi connectivity index (χ1n) is 9.32. The van der Waals surface area contributed by atoms with Gasteiger partial charge in [-0.3, -0.25) is 9.69 Å². The number of carbonyl (C=O) groups excluding carboxylic acids is 1. The molecule has 0 bridgehead atoms. The number of hydrogen-bond donors (Lipinski definition) is 1. The maximum Gasteiger partial charge on any atom is 0.401 e. The lowest BCUT2D eigenvalue weighted by molar-refractivity contribution is -0.148. The van der Waals surface area contributed by atoms with Gasteiger partial charge in [-0.25, -0.2) is 8.42 Å². The van der Waals surface area contributed by atoms with E-state index in [4.69, 9.17) is 0 Å². The van der Waals surface area contributed by atoms with Crippen molar-refractivity contribution in [3.05, 3.63) is 48.5 Å². The van der Waals surface area contributed by atoms with Crippen molar-refractivity contribution in [2.75, 3.05) is 38.0 Å². The fourth-order valence-corrected chi connectivity index (χ4v) is 4.72. The van der Waals surface area contributed by atoms with E-state index in [1.807, 2.05) is 12.1 Å². The molecular formula is C20H22F3N3O3S. The van der Waals surface area contributed by atoms with Crippen molar-refractivity contribution in [3.8, 4) is 11.1 Å². The Hall–Kier alpha value is -2.43. The van der Waals surface area contributed by atoms with E-state index in [1.54, 1.807) is 24.3 Å². The summed E-state index contributed by atoms with van der Waals surface area (Å²) in [6.45, 7) is 0.504. The summed E-state index contributed by atoms with van der Waals surface area (Å²) < 4.78 is 64.4. The third kappa shape index (κ3) is 5.59. The number of sulfonamides is 1. The third-order valence-electron chi connectivity index (χ3n) is 4.76. The van der Waals surface area contributed by atoms with Crippen LogP contribution >= 0.6 is 0 Å². The van der Waals surface area contributed by atoms with E-state index in [1.165, 1.54) is 28.3 Å². The number of piperazine rings is 1. The molecule has 2 aromatic carbocycles. The number of anilines is 1. The molecule has 162 valence electrons. The zero-order valence-electron chi connectivity index (χ0n) is 16.3. The van der Waals surface area contributed by atoms with E-state index in [0.717, 1.165) is 11.1 Å². The SMILES string of the molecule is CC(=O)Nc1ccc(-c2ccc(S(=O)(=O)N3CCN(CC(F)(F)F)CC3)cc2)cc1. The van der Waals surface area contributed by atoms with Gasteiger partial charge in [-0.15, -0.1) is 0 Å². The van der Waals surface area contributed by atoms with Crippen LogP contribution in [0, 0.1) is 0 Å². The van der Waals surface area contributed by atoms with Crippen LogP contribution in [-0.4, -0.2) is 62.4 Å². The van der Waals surface area contributed by atoms with Gasteiger partial charge in [0.1, 0.15) is 0 Å². The zero-order valence-corrected chi connectivity index (χ0v) is 17.1. The Morgan fingerprint density at radius 3 is 1.90 bits per heavy atom. The molecule has 0 unspecified atom stereocenters. The minimum absolute atomic E-state index is 0.0186. The second-order valence-electron chi connectivity index (χ2n) is 7.08. The van der Waals surface area contributed by atoms with Crippen LogP contribution in [0.25, 0.3) is 11.1 Å². The number of carbonyl (C=O) groups is 1. The number of alkyl halides is 3. The molecule has 6 nitrogen and oxygen atoms in total. The normalized spacial score (nSPS) is 16.4. The zero-order chi connectivity index (χ0) is 21.9. The number of rotatable bonds is 5. The summed E-state index contributed by atoms with van der Waals surface area (Å²) in [5.41, 5.74) is 2.32. The lowest BCUT2D eigenvalue weighted by atomic mass is 10.1. The van der Waals surface area contributed by atoms with Gasteiger partial charge in [0.05, 0.1) is 11.4 Å². The maximum atomic E-state index is 12.8. The molecule has 1 amide bonds. The van der Waals surface area contributed by atoms with Crippen LogP contribution < -0.4 is 5.32 Å². The van der Waals surface area contributed by atoms with E-state index in [9.17, 15) is 26.4 Å². The molecule has 0 atom stereocenters. The standard InChI is InChI=1S/C20H22F3N3O3S/c1-15(27)24-18-6-2-16(3-7-18)17-4-8-19(9-5-17)30(28,29)26-12-10-25(11-13-26)14-20(21,22)23/h2-9H,10-14H2,1H3,(H,24,27). The van der Waals surface area contributed by atoms with Crippen LogP contribution in [0.2, 0.25) is 0 Å². The van der Waals surface area contributed by atoms with Gasteiger partial charge in [-0.05, 0) is 35.4 Å². The van der Waals surface area contributed by atoms with Crippen molar-refractivity contribution >= 4 is 21.6 Å². The summed E-state index contributed by atoms with van der Waals surface area (Å²) in [6, 6.07) is 13.5. The highest BCUT2D eigenvalue weighted by Crippen LogP contribution is 2.25. The summed E-state index contributed by atoms with van der Waals surface area (Å²) in [7, 11) is -3.77. The van der Waals surface area contributed by atoms with Crippen LogP contribution in [0.5, 0.6) is 0 Å². The smallest absolute Gasteiger partial charge is 0.326 e. The molecule has 1 fully saturated rings. The first-order chi connectivity index (χ1) is 14.0. The number of benzene rings is 2. The Kier molecular flexibility index (Phi) is 6.49. The molecule has 1 heterocycles. The number of halogens is 3. The van der Waals surface area contributed by atoms with Gasteiger partial charge < -0.3 is 5.32 Å². The van der Waals surface area contributed by atoms with Crippen LogP contribution in [0.3, 0.4) is 0 Å². The van der Waals surface area contributed by atoms with Crippen molar-refractivity contribution in [2.24, 2.45) is 0 Å². The number of nitrogens with zero attached hydrogens (tertiary/aromatic N) is 2. The van der Waals surface area contributed by atoms with Crippen LogP contribution in [0.15, 0.2) is 53.4 Å². The van der Waals surface area contributed by atoms with Gasteiger partial charge in [0.15, 0.2) is 0 Å². The summed E-state index contributed by atoms with van der Waals surface area (Å²) in [5.74, 6) is -0.170. The molecule has 30 heavy (non-hydrogen) atoms. The molecule has 10 heteroatoms. The molecule has 0 radical (unpaired) electrons. The molecule has 0 saturated carbocycles. The molecule has 0 aliphatic carbocycles. The van der Waals surface area contributed by atoms with Crippen molar-refractivity contribution in [2.45, 2.75) is 18.0 Å². The average molecular weight is 441 g/mol. The second kappa shape index (κ2) is 8.75. The van der Waals surface area contributed by atoms with Gasteiger partial charge >= 0.3 is 6.18 Å². The molecule has 0 aromatic heterocycles. The first kappa shape index (κ1) is 22.3. The maximum absolute atomic E-state index is 12.8. The van der Waals surface area contributed by atoms with Crippen molar-refractivity contribution in [1.82, 2.24) is 9.21 Å². The van der Waals surface area contributed by atoms with Crippen LogP contribution in [0.1, 0.15) is 6.92 Å². The monoisotopic (exact) mass is 441 g/mol. The Balaban J connectivity index is 1.67. The highest BCUT2D eigenvalue weighted by molar-refractivity contribution is 7.89. The van der Waals surface area contributed by atoms with Gasteiger partial charge in [-0.2, -0.15) is 17.5 Å². The molecule has 2 aromatic rings. The number of hydrogen-bond acceptors (Lipinski definition) is 4. The second-order valence-corrected chi connectivity index (χ2v) is 9.02. The Labute approximate surface area is 173 Å². The van der Waals surface area contributed by atoms with Crippen molar-refractivity contribution in [1.29, 1.82) is 0 Å². The minimum atomic E-state index is -4.29. The van der Waals surface area contributed by atoms with E-state index in [-0.39, 0.29) is 37.0 Å². The van der Waals surface area contributed by atoms with E-state index in [0.29, 0.717) is 5.69 Å². The highest BCUT2D eigenvalue weighted by atomic mass is 32.2. The Morgan fingerprint density at radius 2 is 1.43 bits per heavy atom. The summed E-state index contributed by atoms with van der Waals surface area (Å²) in [6.07, 6.45) is -4.29. The average Bonchev–Trinajstić information content (AvgIpc) is 2.67. The van der Waals surface area contributed by atoms with Crippen LogP contribution in [0.4, 0.5) is 18.9 Å². The van der Waals surface area contributed by atoms with Crippen molar-refractivity contribution < 1.29 is 26.4 Å². The largest absolute Gasteiger partial charge is 0.401 e. The quantitative estimate of drug-likeness (QED) is 0.774. The van der Waals surface area contributed by atoms with Gasteiger partial charge in [0.25, 0.3) is 0 Å². The van der Waals surface area contributed by atoms with Gasteiger partial charge in [0.2, 0.25) is 15.9 Å². The molecule has 1 saturated heterocycles. The lowest BCUT2D eigenvalue weighted by Crippen LogP contribution is -2.50. The van der Waals surface area contributed by atoms with Crippen LogP contribution in [-0.2, 0) is 14.8 Å². The summed E-state index contributed by atoms with van der Waals surface area (Å²) >= 11 is 0. The third-order valence-corrected chi connectivity index (χ3v) is 6.68. The summed E-state index contributed by atoms with van der Waals surface area (Å²) in [4.78, 5) is 12.4. The Bertz CT molecular complexity index is 983. The van der Waals surface area contributed by atoms with Gasteiger partial charge in [-0.1, -0.05) is 24.3 Å². The van der Waals surface area contributed by atoms with E-state index < -0.39 is 22.7 Å². The van der Waals surface area contributed by atoms with E-state index in [2.05, 4.69) is 5.32 Å². The predicted molar refractivity (Wildman–Crippen MR) is 107 cm³/mol. The van der Waals surface area contributed by atoms with E-state index >= 15 is 0 Å². The number of nitrogens with one attached hydrogen (secondary N) is 1. The Morgan fingerprint density at radius 1 is 0.933 bits per heavy atom. The lowest BCUT2D eigenvalue weighted by Gasteiger charge is -2.34. The minimum Gasteiger partial charge on any atom is -0.326 e. The topological polar surface area (TPSA) is 69.7 Å². The number of amides is 1. The molecule has 1 N–H and O–H groups in total. The highest BCUT2D eigenvalue weighted by Gasteiger charge is 2.34. The van der Waals surface area contributed by atoms with Crippen molar-refractivity contribution in [3.63, 3.8) is 0 Å². The molecule has 1 aliphatic rings. The van der Waals surface area contributed by atoms with Gasteiger partial charge in [0, 0.05) is 38.8 Å². The summed E-state index contributed by atoms with van der Waals surface area (Å²) in [5, 5.41) is 2.67. The fraction of sp³-hybridized carbons (Fsp3) is 0.350. The fourth-order valence-electron chi connectivity index (χ4n) is 3.30. The molecule has 1 aliphatic heterocycles. The first-order valence-corrected chi connectivity index (χ1v) is 10.8.